The van der Waals surface area contributed by atoms with Gasteiger partial charge in [-0.1, -0.05) is 0 Å². The minimum atomic E-state index is -0.0918. The molecular weight excluding hydrogens is 254 g/mol. The molecule has 0 bridgehead atoms. The van der Waals surface area contributed by atoms with Crippen LogP contribution in [0.25, 0.3) is 0 Å². The molecule has 0 saturated carbocycles. The molecule has 0 aliphatic carbocycles. The quantitative estimate of drug-likeness (QED) is 0.907. The number of nitrogens with zero attached hydrogens (tertiary/aromatic N) is 1. The summed E-state index contributed by atoms with van der Waals surface area (Å²) >= 11 is 0. The van der Waals surface area contributed by atoms with Crippen molar-refractivity contribution < 1.29 is 14.6 Å². The van der Waals surface area contributed by atoms with E-state index in [9.17, 15) is 5.11 Å². The Morgan fingerprint density at radius 2 is 1.75 bits per heavy atom. The fourth-order valence-corrected chi connectivity index (χ4v) is 1.99. The van der Waals surface area contributed by atoms with Crippen LogP contribution in [0.15, 0.2) is 30.3 Å². The molecule has 20 heavy (non-hydrogen) atoms. The van der Waals surface area contributed by atoms with Crippen LogP contribution in [-0.4, -0.2) is 16.7 Å². The van der Waals surface area contributed by atoms with E-state index in [1.807, 2.05) is 51.1 Å². The van der Waals surface area contributed by atoms with E-state index in [1.54, 1.807) is 0 Å². The van der Waals surface area contributed by atoms with Gasteiger partial charge in [-0.2, -0.15) is 0 Å². The van der Waals surface area contributed by atoms with E-state index in [-0.39, 0.29) is 6.61 Å². The van der Waals surface area contributed by atoms with Gasteiger partial charge < -0.3 is 14.6 Å². The second kappa shape index (κ2) is 6.39. The van der Waals surface area contributed by atoms with Crippen LogP contribution in [-0.2, 0) is 6.61 Å². The van der Waals surface area contributed by atoms with Crippen LogP contribution in [0.1, 0.15) is 23.7 Å². The third-order valence-electron chi connectivity index (χ3n) is 2.94. The maximum Gasteiger partial charge on any atom is 0.225 e. The van der Waals surface area contributed by atoms with Crippen molar-refractivity contribution in [3.8, 4) is 17.4 Å². The van der Waals surface area contributed by atoms with Gasteiger partial charge in [0.05, 0.1) is 13.2 Å². The van der Waals surface area contributed by atoms with Gasteiger partial charge in [-0.3, -0.25) is 0 Å². The molecule has 0 aliphatic heterocycles. The second-order valence-corrected chi connectivity index (χ2v) is 4.53. The summed E-state index contributed by atoms with van der Waals surface area (Å²) in [5.41, 5.74) is 2.55. The first-order valence-electron chi connectivity index (χ1n) is 6.62. The van der Waals surface area contributed by atoms with Gasteiger partial charge >= 0.3 is 0 Å². The molecule has 106 valence electrons. The Balaban J connectivity index is 2.25. The molecule has 4 nitrogen and oxygen atoms in total. The Morgan fingerprint density at radius 3 is 2.35 bits per heavy atom. The number of benzene rings is 1. The largest absolute Gasteiger partial charge is 0.494 e. The van der Waals surface area contributed by atoms with E-state index >= 15 is 0 Å². The molecule has 0 atom stereocenters. The van der Waals surface area contributed by atoms with Crippen molar-refractivity contribution in [1.29, 1.82) is 0 Å². The summed E-state index contributed by atoms with van der Waals surface area (Å²) in [5.74, 6) is 1.92. The van der Waals surface area contributed by atoms with Gasteiger partial charge in [-0.05, 0) is 56.7 Å². The molecule has 1 aromatic carbocycles. The Hall–Kier alpha value is -2.07. The molecule has 1 aromatic heterocycles. The van der Waals surface area contributed by atoms with E-state index < -0.39 is 0 Å². The number of ether oxygens (including phenoxy) is 2. The van der Waals surface area contributed by atoms with E-state index in [0.717, 1.165) is 17.0 Å². The minimum Gasteiger partial charge on any atom is -0.494 e. The summed E-state index contributed by atoms with van der Waals surface area (Å²) in [5, 5.41) is 9.44. The predicted molar refractivity (Wildman–Crippen MR) is 77.3 cm³/mol. The van der Waals surface area contributed by atoms with E-state index in [1.165, 1.54) is 0 Å². The van der Waals surface area contributed by atoms with E-state index in [2.05, 4.69) is 4.98 Å². The smallest absolute Gasteiger partial charge is 0.225 e. The molecular formula is C16H19NO3. The first kappa shape index (κ1) is 14.3. The number of aromatic nitrogens is 1. The fraction of sp³-hybridized carbons (Fsp3) is 0.312. The van der Waals surface area contributed by atoms with E-state index in [0.29, 0.717) is 23.8 Å². The number of hydrogen-bond acceptors (Lipinski definition) is 4. The highest BCUT2D eigenvalue weighted by atomic mass is 16.5. The normalized spacial score (nSPS) is 10.4. The van der Waals surface area contributed by atoms with Crippen LogP contribution in [0.4, 0.5) is 0 Å². The topological polar surface area (TPSA) is 51.6 Å². The zero-order chi connectivity index (χ0) is 14.5. The summed E-state index contributed by atoms with van der Waals surface area (Å²) in [6.45, 7) is 6.32. The van der Waals surface area contributed by atoms with Crippen molar-refractivity contribution in [1.82, 2.24) is 4.98 Å². The highest BCUT2D eigenvalue weighted by molar-refractivity contribution is 5.39. The summed E-state index contributed by atoms with van der Waals surface area (Å²) in [7, 11) is 0. The van der Waals surface area contributed by atoms with Crippen LogP contribution in [0.3, 0.4) is 0 Å². The van der Waals surface area contributed by atoms with Crippen molar-refractivity contribution in [2.24, 2.45) is 0 Å². The first-order chi connectivity index (χ1) is 9.63. The lowest BCUT2D eigenvalue weighted by molar-refractivity contribution is 0.274. The van der Waals surface area contributed by atoms with Gasteiger partial charge in [0.25, 0.3) is 0 Å². The number of aryl methyl sites for hydroxylation is 2. The zero-order valence-electron chi connectivity index (χ0n) is 12.0. The molecule has 0 amide bonds. The van der Waals surface area contributed by atoms with Crippen molar-refractivity contribution in [3.05, 3.63) is 47.2 Å². The Morgan fingerprint density at radius 1 is 1.10 bits per heavy atom. The molecule has 2 aromatic rings. The van der Waals surface area contributed by atoms with E-state index in [4.69, 9.17) is 9.47 Å². The molecule has 0 radical (unpaired) electrons. The van der Waals surface area contributed by atoms with Gasteiger partial charge in [0.1, 0.15) is 11.5 Å². The SMILES string of the molecule is CCOc1ccc(Oc2nc(C)cc(C)c2CO)cc1. The average molecular weight is 273 g/mol. The van der Waals surface area contributed by atoms with Crippen LogP contribution in [0.2, 0.25) is 0 Å². The molecule has 1 heterocycles. The van der Waals surface area contributed by atoms with Crippen molar-refractivity contribution >= 4 is 0 Å². The molecule has 0 saturated heterocycles. The highest BCUT2D eigenvalue weighted by Crippen LogP contribution is 2.27. The number of hydrogen-bond donors (Lipinski definition) is 1. The molecule has 4 heteroatoms. The first-order valence-corrected chi connectivity index (χ1v) is 6.62. The number of pyridine rings is 1. The van der Waals surface area contributed by atoms with Gasteiger partial charge in [0, 0.05) is 11.3 Å². The highest BCUT2D eigenvalue weighted by Gasteiger charge is 2.10. The lowest BCUT2D eigenvalue weighted by atomic mass is 10.1. The number of aliphatic hydroxyl groups is 1. The van der Waals surface area contributed by atoms with Crippen molar-refractivity contribution in [2.75, 3.05) is 6.61 Å². The summed E-state index contributed by atoms with van der Waals surface area (Å²) in [6.07, 6.45) is 0. The Bertz CT molecular complexity index is 579. The lowest BCUT2D eigenvalue weighted by Crippen LogP contribution is -2.00. The maximum atomic E-state index is 9.44. The lowest BCUT2D eigenvalue weighted by Gasteiger charge is -2.12. The van der Waals surface area contributed by atoms with Crippen molar-refractivity contribution in [3.63, 3.8) is 0 Å². The molecule has 0 spiro atoms. The predicted octanol–water partition coefficient (Wildman–Crippen LogP) is 3.38. The minimum absolute atomic E-state index is 0.0918. The average Bonchev–Trinajstić information content (AvgIpc) is 2.41. The van der Waals surface area contributed by atoms with Gasteiger partial charge in [0.15, 0.2) is 0 Å². The third kappa shape index (κ3) is 3.27. The summed E-state index contributed by atoms with van der Waals surface area (Å²) in [6, 6.07) is 9.27. The molecule has 0 aliphatic rings. The Labute approximate surface area is 119 Å². The van der Waals surface area contributed by atoms with Gasteiger partial charge in [-0.15, -0.1) is 0 Å². The van der Waals surface area contributed by atoms with Gasteiger partial charge in [0.2, 0.25) is 5.88 Å². The number of rotatable bonds is 5. The second-order valence-electron chi connectivity index (χ2n) is 4.53. The zero-order valence-corrected chi connectivity index (χ0v) is 12.0. The summed E-state index contributed by atoms with van der Waals surface area (Å²) in [4.78, 5) is 4.35. The molecule has 0 unspecified atom stereocenters. The monoisotopic (exact) mass is 273 g/mol. The summed E-state index contributed by atoms with van der Waals surface area (Å²) < 4.78 is 11.2. The molecule has 2 rings (SSSR count). The molecule has 1 N–H and O–H groups in total. The Kier molecular flexibility index (Phi) is 4.58. The van der Waals surface area contributed by atoms with Gasteiger partial charge in [-0.25, -0.2) is 4.98 Å². The molecule has 0 fully saturated rings. The standard InChI is InChI=1S/C16H19NO3/c1-4-19-13-5-7-14(8-6-13)20-16-15(10-18)11(2)9-12(3)17-16/h5-9,18H,4,10H2,1-3H3. The van der Waals surface area contributed by atoms with Crippen LogP contribution >= 0.6 is 0 Å². The number of aliphatic hydroxyl groups excluding tert-OH is 1. The fourth-order valence-electron chi connectivity index (χ4n) is 1.99. The maximum absolute atomic E-state index is 9.44. The van der Waals surface area contributed by atoms with Crippen LogP contribution in [0, 0.1) is 13.8 Å². The van der Waals surface area contributed by atoms with Crippen LogP contribution in [0.5, 0.6) is 17.4 Å². The third-order valence-corrected chi connectivity index (χ3v) is 2.94. The van der Waals surface area contributed by atoms with Crippen LogP contribution < -0.4 is 9.47 Å². The van der Waals surface area contributed by atoms with Crippen molar-refractivity contribution in [2.45, 2.75) is 27.4 Å².